The van der Waals surface area contributed by atoms with Gasteiger partial charge in [-0.3, -0.25) is 0 Å². The Hall–Kier alpha value is -1.57. The van der Waals surface area contributed by atoms with Crippen molar-refractivity contribution in [2.45, 2.75) is 43.9 Å². The fraction of sp³-hybridized carbons (Fsp3) is 0.500. The molecular formula is C18H18O2. The molecule has 0 spiro atoms. The highest BCUT2D eigenvalue weighted by molar-refractivity contribution is 5.85. The zero-order chi connectivity index (χ0) is 13.3. The second-order valence-electron chi connectivity index (χ2n) is 7.02. The Balaban J connectivity index is 1.89. The highest BCUT2D eigenvalue weighted by Crippen LogP contribution is 2.56. The Morgan fingerprint density at radius 3 is 2.25 bits per heavy atom. The topological polar surface area (TPSA) is 30.2 Å². The maximum atomic E-state index is 12.3. The molecule has 6 rings (SSSR count). The summed E-state index contributed by atoms with van der Waals surface area (Å²) in [5.74, 6) is 3.88. The zero-order valence-electron chi connectivity index (χ0n) is 11.5. The molecule has 2 nitrogen and oxygen atoms in total. The predicted octanol–water partition coefficient (Wildman–Crippen LogP) is 4.18. The number of rotatable bonds is 0. The van der Waals surface area contributed by atoms with Gasteiger partial charge in [-0.15, -0.1) is 0 Å². The summed E-state index contributed by atoms with van der Waals surface area (Å²) in [5.41, 5.74) is 1.25. The molecule has 2 unspecified atom stereocenters. The Morgan fingerprint density at radius 1 is 0.850 bits per heavy atom. The van der Waals surface area contributed by atoms with Gasteiger partial charge in [0.15, 0.2) is 0 Å². The Labute approximate surface area is 117 Å². The molecule has 1 aromatic heterocycles. The number of fused-ring (bicyclic) bond motifs is 1. The van der Waals surface area contributed by atoms with Gasteiger partial charge in [-0.25, -0.2) is 4.79 Å². The van der Waals surface area contributed by atoms with Crippen LogP contribution in [0, 0.1) is 11.8 Å². The summed E-state index contributed by atoms with van der Waals surface area (Å²) in [7, 11) is 0. The van der Waals surface area contributed by atoms with Crippen LogP contribution in [-0.2, 0) is 0 Å². The van der Waals surface area contributed by atoms with Crippen LogP contribution in [0.1, 0.15) is 55.3 Å². The van der Waals surface area contributed by atoms with Gasteiger partial charge in [0.2, 0.25) is 0 Å². The second-order valence-corrected chi connectivity index (χ2v) is 7.02. The normalized spacial score (nSPS) is 34.2. The fourth-order valence-electron chi connectivity index (χ4n) is 5.26. The molecule has 2 fully saturated rings. The largest absolute Gasteiger partial charge is 0.427 e. The highest BCUT2D eigenvalue weighted by Gasteiger charge is 2.44. The van der Waals surface area contributed by atoms with E-state index in [0.29, 0.717) is 11.8 Å². The first-order valence-electron chi connectivity index (χ1n) is 7.85. The van der Waals surface area contributed by atoms with E-state index < -0.39 is 0 Å². The van der Waals surface area contributed by atoms with Gasteiger partial charge < -0.3 is 4.42 Å². The van der Waals surface area contributed by atoms with Crippen LogP contribution in [0.5, 0.6) is 0 Å². The molecule has 0 radical (unpaired) electrons. The average Bonchev–Trinajstić information content (AvgIpc) is 2.61. The maximum Gasteiger partial charge on any atom is 0.343 e. The van der Waals surface area contributed by atoms with Crippen LogP contribution >= 0.6 is 0 Å². The van der Waals surface area contributed by atoms with Crippen LogP contribution in [0.25, 0.3) is 10.8 Å². The van der Waals surface area contributed by atoms with Crippen molar-refractivity contribution < 1.29 is 4.42 Å². The van der Waals surface area contributed by atoms with Crippen LogP contribution in [0.3, 0.4) is 0 Å². The van der Waals surface area contributed by atoms with Crippen molar-refractivity contribution in [1.29, 1.82) is 0 Å². The Bertz CT molecular complexity index is 744. The third kappa shape index (κ3) is 1.37. The van der Waals surface area contributed by atoms with E-state index in [9.17, 15) is 4.79 Å². The minimum absolute atomic E-state index is 0.138. The van der Waals surface area contributed by atoms with Crippen LogP contribution in [0.15, 0.2) is 33.5 Å². The summed E-state index contributed by atoms with van der Waals surface area (Å²) in [4.78, 5) is 12.3. The summed E-state index contributed by atoms with van der Waals surface area (Å²) in [6.07, 6.45) is 6.49. The predicted molar refractivity (Wildman–Crippen MR) is 78.0 cm³/mol. The van der Waals surface area contributed by atoms with Gasteiger partial charge >= 0.3 is 5.63 Å². The lowest BCUT2D eigenvalue weighted by molar-refractivity contribution is 0.160. The van der Waals surface area contributed by atoms with Crippen LogP contribution in [-0.4, -0.2) is 0 Å². The molecule has 0 aliphatic heterocycles. The molecule has 20 heavy (non-hydrogen) atoms. The molecule has 1 heterocycles. The minimum Gasteiger partial charge on any atom is -0.427 e. The van der Waals surface area contributed by atoms with Crippen LogP contribution in [0.4, 0.5) is 0 Å². The molecule has 1 aromatic carbocycles. The van der Waals surface area contributed by atoms with Crippen molar-refractivity contribution >= 4 is 10.8 Å². The molecule has 0 saturated heterocycles. The quantitative estimate of drug-likeness (QED) is 0.716. The minimum atomic E-state index is -0.138. The number of hydrogen-bond donors (Lipinski definition) is 0. The van der Waals surface area contributed by atoms with Crippen LogP contribution < -0.4 is 5.63 Å². The van der Waals surface area contributed by atoms with Crippen molar-refractivity contribution in [3.05, 3.63) is 46.0 Å². The van der Waals surface area contributed by atoms with Gasteiger partial charge in [-0.2, -0.15) is 0 Å². The standard InChI is InChI=1S/C18H18O2/c19-18-15-4-2-1-3-14(15)16-12-6-10-5-11(7-12)9-13(8-10)17(16)20-18/h1-4,10-13H,5-9H2. The molecular weight excluding hydrogens is 248 g/mol. The molecule has 4 aliphatic carbocycles. The number of benzene rings is 1. The van der Waals surface area contributed by atoms with Crippen molar-refractivity contribution in [2.24, 2.45) is 11.8 Å². The molecule has 2 aromatic rings. The first kappa shape index (κ1) is 11.1. The molecule has 2 atom stereocenters. The summed E-state index contributed by atoms with van der Waals surface area (Å²) < 4.78 is 5.82. The third-order valence-electron chi connectivity index (χ3n) is 5.82. The summed E-state index contributed by atoms with van der Waals surface area (Å²) in [6.45, 7) is 0. The lowest BCUT2D eigenvalue weighted by atomic mass is 9.67. The van der Waals surface area contributed by atoms with E-state index in [-0.39, 0.29) is 5.63 Å². The lowest BCUT2D eigenvalue weighted by Gasteiger charge is -2.38. The SMILES string of the molecule is O=c1oc2c(c3ccccc13)C1CC3CC(CC2C3)C1. The fourth-order valence-corrected chi connectivity index (χ4v) is 5.26. The van der Waals surface area contributed by atoms with E-state index in [4.69, 9.17) is 4.42 Å². The van der Waals surface area contributed by atoms with Crippen molar-refractivity contribution in [1.82, 2.24) is 0 Å². The van der Waals surface area contributed by atoms with Gasteiger partial charge in [0.25, 0.3) is 0 Å². The molecule has 4 aliphatic rings. The van der Waals surface area contributed by atoms with E-state index >= 15 is 0 Å². The first-order chi connectivity index (χ1) is 9.79. The van der Waals surface area contributed by atoms with E-state index in [1.807, 2.05) is 12.1 Å². The average molecular weight is 266 g/mol. The summed E-state index contributed by atoms with van der Waals surface area (Å²) >= 11 is 0. The van der Waals surface area contributed by atoms with E-state index in [2.05, 4.69) is 12.1 Å². The zero-order valence-corrected chi connectivity index (χ0v) is 11.5. The molecule has 2 saturated carbocycles. The summed E-state index contributed by atoms with van der Waals surface area (Å²) in [6, 6.07) is 8.03. The number of hydrogen-bond acceptors (Lipinski definition) is 2. The third-order valence-corrected chi connectivity index (χ3v) is 5.82. The van der Waals surface area contributed by atoms with E-state index in [1.54, 1.807) is 0 Å². The van der Waals surface area contributed by atoms with Gasteiger partial charge in [-0.05, 0) is 61.3 Å². The first-order valence-corrected chi connectivity index (χ1v) is 7.85. The summed E-state index contributed by atoms with van der Waals surface area (Å²) in [5, 5.41) is 1.93. The second kappa shape index (κ2) is 3.75. The highest BCUT2D eigenvalue weighted by atomic mass is 16.4. The van der Waals surface area contributed by atoms with Crippen molar-refractivity contribution in [3.63, 3.8) is 0 Å². The van der Waals surface area contributed by atoms with Crippen molar-refractivity contribution in [3.8, 4) is 0 Å². The van der Waals surface area contributed by atoms with Crippen molar-refractivity contribution in [2.75, 3.05) is 0 Å². The molecule has 0 N–H and O–H groups in total. The van der Waals surface area contributed by atoms with E-state index in [0.717, 1.165) is 28.4 Å². The molecule has 2 heteroatoms. The van der Waals surface area contributed by atoms with Gasteiger partial charge in [-0.1, -0.05) is 18.2 Å². The van der Waals surface area contributed by atoms with E-state index in [1.165, 1.54) is 37.7 Å². The monoisotopic (exact) mass is 266 g/mol. The lowest BCUT2D eigenvalue weighted by Crippen LogP contribution is -2.25. The van der Waals surface area contributed by atoms with Gasteiger partial charge in [0, 0.05) is 11.5 Å². The van der Waals surface area contributed by atoms with Gasteiger partial charge in [0.1, 0.15) is 5.76 Å². The Morgan fingerprint density at radius 2 is 1.50 bits per heavy atom. The molecule has 0 amide bonds. The smallest absolute Gasteiger partial charge is 0.343 e. The Kier molecular flexibility index (Phi) is 2.09. The van der Waals surface area contributed by atoms with Gasteiger partial charge in [0.05, 0.1) is 5.39 Å². The molecule has 102 valence electrons. The maximum absolute atomic E-state index is 12.3. The molecule has 4 bridgehead atoms. The van der Waals surface area contributed by atoms with Crippen LogP contribution in [0.2, 0.25) is 0 Å².